The Hall–Kier alpha value is -0.0800. The molecule has 0 amide bonds. The topological polar surface area (TPSA) is 24.1 Å². The molecule has 2 atom stereocenters. The molecule has 2 saturated heterocycles. The largest absolute Gasteiger partial charge is 0.316 e. The van der Waals surface area contributed by atoms with Crippen molar-refractivity contribution in [3.05, 3.63) is 0 Å². The van der Waals surface area contributed by atoms with Crippen LogP contribution in [0.15, 0.2) is 0 Å². The first-order valence-corrected chi connectivity index (χ1v) is 3.41. The molecule has 2 rings (SSSR count). The van der Waals surface area contributed by atoms with Crippen LogP contribution < -0.4 is 10.6 Å². The molecule has 0 aromatic heterocycles. The Morgan fingerprint density at radius 1 is 1.25 bits per heavy atom. The van der Waals surface area contributed by atoms with Crippen LogP contribution in [0.25, 0.3) is 0 Å². The Morgan fingerprint density at radius 3 is 2.62 bits per heavy atom. The lowest BCUT2D eigenvalue weighted by molar-refractivity contribution is 0.181. The molecular formula is C6H12N2. The van der Waals surface area contributed by atoms with Gasteiger partial charge in [-0.25, -0.2) is 0 Å². The SMILES string of the molecule is C1C[C@H]2NC[C@H]2CN1. The van der Waals surface area contributed by atoms with Crippen LogP contribution in [-0.4, -0.2) is 25.7 Å². The fourth-order valence-electron chi connectivity index (χ4n) is 1.55. The number of rotatable bonds is 0. The van der Waals surface area contributed by atoms with E-state index < -0.39 is 0 Å². The van der Waals surface area contributed by atoms with Gasteiger partial charge in [0.2, 0.25) is 0 Å². The van der Waals surface area contributed by atoms with Crippen LogP contribution in [0.4, 0.5) is 0 Å². The number of nitrogens with one attached hydrogen (secondary N) is 2. The van der Waals surface area contributed by atoms with Crippen LogP contribution in [0.1, 0.15) is 6.42 Å². The molecule has 2 aliphatic heterocycles. The van der Waals surface area contributed by atoms with E-state index in [0.29, 0.717) is 0 Å². The summed E-state index contributed by atoms with van der Waals surface area (Å²) in [7, 11) is 0. The molecule has 0 radical (unpaired) electrons. The molecule has 2 heteroatoms. The normalized spacial score (nSPS) is 45.0. The summed E-state index contributed by atoms with van der Waals surface area (Å²) in [5.74, 6) is 0.962. The van der Waals surface area contributed by atoms with Gasteiger partial charge in [0.05, 0.1) is 0 Å². The molecule has 2 N–H and O–H groups in total. The monoisotopic (exact) mass is 112 g/mol. The van der Waals surface area contributed by atoms with Crippen LogP contribution in [0, 0.1) is 5.92 Å². The van der Waals surface area contributed by atoms with Gasteiger partial charge in [-0.1, -0.05) is 0 Å². The minimum atomic E-state index is 0.872. The van der Waals surface area contributed by atoms with Crippen LogP contribution in [-0.2, 0) is 0 Å². The van der Waals surface area contributed by atoms with Crippen LogP contribution in [0.2, 0.25) is 0 Å². The Kier molecular flexibility index (Phi) is 1.02. The molecule has 0 unspecified atom stereocenters. The Bertz CT molecular complexity index is 80.5. The second-order valence-corrected chi connectivity index (χ2v) is 2.77. The van der Waals surface area contributed by atoms with Gasteiger partial charge in [0, 0.05) is 19.1 Å². The average molecular weight is 112 g/mol. The van der Waals surface area contributed by atoms with Gasteiger partial charge in [-0.2, -0.15) is 0 Å². The van der Waals surface area contributed by atoms with Crippen molar-refractivity contribution in [1.82, 2.24) is 10.6 Å². The molecule has 0 aliphatic carbocycles. The van der Waals surface area contributed by atoms with Crippen LogP contribution >= 0.6 is 0 Å². The van der Waals surface area contributed by atoms with Crippen molar-refractivity contribution in [2.24, 2.45) is 5.92 Å². The number of fused-ring (bicyclic) bond motifs is 1. The summed E-state index contributed by atoms with van der Waals surface area (Å²) in [5.41, 5.74) is 0. The van der Waals surface area contributed by atoms with E-state index >= 15 is 0 Å². The second kappa shape index (κ2) is 1.71. The molecule has 0 spiro atoms. The van der Waals surface area contributed by atoms with Crippen LogP contribution in [0.3, 0.4) is 0 Å². The van der Waals surface area contributed by atoms with E-state index in [-0.39, 0.29) is 0 Å². The third kappa shape index (κ3) is 0.565. The van der Waals surface area contributed by atoms with E-state index in [1.165, 1.54) is 26.1 Å². The highest BCUT2D eigenvalue weighted by Crippen LogP contribution is 2.17. The van der Waals surface area contributed by atoms with Crippen LogP contribution in [0.5, 0.6) is 0 Å². The minimum Gasteiger partial charge on any atom is -0.316 e. The zero-order valence-electron chi connectivity index (χ0n) is 4.98. The van der Waals surface area contributed by atoms with E-state index in [1.807, 2.05) is 0 Å². The van der Waals surface area contributed by atoms with Gasteiger partial charge in [0.15, 0.2) is 0 Å². The fraction of sp³-hybridized carbons (Fsp3) is 1.00. The molecule has 2 fully saturated rings. The Morgan fingerprint density at radius 2 is 2.25 bits per heavy atom. The summed E-state index contributed by atoms with van der Waals surface area (Å²) < 4.78 is 0. The molecular weight excluding hydrogens is 100 g/mol. The molecule has 46 valence electrons. The summed E-state index contributed by atoms with van der Waals surface area (Å²) in [6.45, 7) is 3.71. The second-order valence-electron chi connectivity index (χ2n) is 2.77. The zero-order chi connectivity index (χ0) is 5.40. The standard InChI is InChI=1S/C6H12N2/c1-2-7-3-5-4-8-6(1)5/h5-8H,1-4H2/t5-,6-/m1/s1. The van der Waals surface area contributed by atoms with Crippen molar-refractivity contribution >= 4 is 0 Å². The van der Waals surface area contributed by atoms with Gasteiger partial charge in [-0.15, -0.1) is 0 Å². The van der Waals surface area contributed by atoms with E-state index in [9.17, 15) is 0 Å². The summed E-state index contributed by atoms with van der Waals surface area (Å²) in [5, 5.41) is 6.78. The summed E-state index contributed by atoms with van der Waals surface area (Å²) >= 11 is 0. The van der Waals surface area contributed by atoms with Gasteiger partial charge < -0.3 is 10.6 Å². The predicted molar refractivity (Wildman–Crippen MR) is 32.8 cm³/mol. The highest BCUT2D eigenvalue weighted by molar-refractivity contribution is 4.92. The minimum absolute atomic E-state index is 0.872. The Labute approximate surface area is 49.7 Å². The smallest absolute Gasteiger partial charge is 0.0132 e. The molecule has 8 heavy (non-hydrogen) atoms. The Balaban J connectivity index is 1.92. The maximum absolute atomic E-state index is 3.41. The van der Waals surface area contributed by atoms with Crippen molar-refractivity contribution in [2.45, 2.75) is 12.5 Å². The predicted octanol–water partition coefficient (Wildman–Crippen LogP) is -0.432. The first-order valence-electron chi connectivity index (χ1n) is 3.41. The van der Waals surface area contributed by atoms with Gasteiger partial charge in [0.1, 0.15) is 0 Å². The third-order valence-electron chi connectivity index (χ3n) is 2.25. The van der Waals surface area contributed by atoms with Crippen molar-refractivity contribution < 1.29 is 0 Å². The molecule has 0 aromatic carbocycles. The zero-order valence-corrected chi connectivity index (χ0v) is 4.98. The number of hydrogen-bond donors (Lipinski definition) is 2. The summed E-state index contributed by atoms with van der Waals surface area (Å²) in [6, 6.07) is 0.872. The van der Waals surface area contributed by atoms with Crippen molar-refractivity contribution in [2.75, 3.05) is 19.6 Å². The van der Waals surface area contributed by atoms with Gasteiger partial charge in [-0.05, 0) is 18.9 Å². The third-order valence-corrected chi connectivity index (χ3v) is 2.25. The molecule has 2 heterocycles. The maximum atomic E-state index is 3.41. The first kappa shape index (κ1) is 4.77. The van der Waals surface area contributed by atoms with Crippen molar-refractivity contribution in [3.8, 4) is 0 Å². The highest BCUT2D eigenvalue weighted by atomic mass is 15.1. The van der Waals surface area contributed by atoms with E-state index in [4.69, 9.17) is 0 Å². The first-order chi connectivity index (χ1) is 3.97. The quantitative estimate of drug-likeness (QED) is 0.444. The lowest BCUT2D eigenvalue weighted by Crippen LogP contribution is -2.60. The summed E-state index contributed by atoms with van der Waals surface area (Å²) in [6.07, 6.45) is 1.34. The van der Waals surface area contributed by atoms with Crippen molar-refractivity contribution in [1.29, 1.82) is 0 Å². The van der Waals surface area contributed by atoms with E-state index in [0.717, 1.165) is 12.0 Å². The number of piperidine rings is 1. The van der Waals surface area contributed by atoms with Gasteiger partial charge in [-0.3, -0.25) is 0 Å². The lowest BCUT2D eigenvalue weighted by atomic mass is 9.86. The van der Waals surface area contributed by atoms with E-state index in [1.54, 1.807) is 0 Å². The summed E-state index contributed by atoms with van der Waals surface area (Å²) in [4.78, 5) is 0. The molecule has 2 nitrogen and oxygen atoms in total. The molecule has 0 saturated carbocycles. The highest BCUT2D eigenvalue weighted by Gasteiger charge is 2.31. The van der Waals surface area contributed by atoms with E-state index in [2.05, 4.69) is 10.6 Å². The maximum Gasteiger partial charge on any atom is 0.0132 e. The molecule has 0 aromatic rings. The number of hydrogen-bond acceptors (Lipinski definition) is 2. The lowest BCUT2D eigenvalue weighted by Gasteiger charge is -2.41. The van der Waals surface area contributed by atoms with Crippen molar-refractivity contribution in [3.63, 3.8) is 0 Å². The molecule has 0 bridgehead atoms. The van der Waals surface area contributed by atoms with Gasteiger partial charge in [0.25, 0.3) is 0 Å². The fourth-order valence-corrected chi connectivity index (χ4v) is 1.55. The van der Waals surface area contributed by atoms with Gasteiger partial charge >= 0.3 is 0 Å². The molecule has 2 aliphatic rings. The average Bonchev–Trinajstić information content (AvgIpc) is 1.72.